The van der Waals surface area contributed by atoms with Gasteiger partial charge in [0.25, 0.3) is 0 Å². The van der Waals surface area contributed by atoms with E-state index >= 15 is 0 Å². The number of nitrogens with zero attached hydrogens (tertiary/aromatic N) is 2. The quantitative estimate of drug-likeness (QED) is 0.669. The molecule has 0 fully saturated rings. The SMILES string of the molecule is Cn1nc2c(c1CCN)C(O)CC2. The van der Waals surface area contributed by atoms with E-state index in [0.29, 0.717) is 6.54 Å². The van der Waals surface area contributed by atoms with E-state index in [1.807, 2.05) is 11.7 Å². The Labute approximate surface area is 77.4 Å². The van der Waals surface area contributed by atoms with Gasteiger partial charge in [0, 0.05) is 24.7 Å². The van der Waals surface area contributed by atoms with Gasteiger partial charge in [0.2, 0.25) is 0 Å². The van der Waals surface area contributed by atoms with Gasteiger partial charge in [-0.2, -0.15) is 5.10 Å². The summed E-state index contributed by atoms with van der Waals surface area (Å²) in [6, 6.07) is 0. The third-order valence-corrected chi connectivity index (χ3v) is 2.65. The summed E-state index contributed by atoms with van der Waals surface area (Å²) in [5.41, 5.74) is 8.69. The number of aliphatic hydroxyl groups excluding tert-OH is 1. The van der Waals surface area contributed by atoms with Gasteiger partial charge < -0.3 is 10.8 Å². The molecule has 0 saturated heterocycles. The summed E-state index contributed by atoms with van der Waals surface area (Å²) in [6.07, 6.45) is 2.20. The predicted octanol–water partition coefficient (Wildman–Crippen LogP) is -0.0991. The summed E-state index contributed by atoms with van der Waals surface area (Å²) in [6.45, 7) is 0.610. The summed E-state index contributed by atoms with van der Waals surface area (Å²) in [7, 11) is 1.91. The molecule has 72 valence electrons. The molecular formula is C9H15N3O. The van der Waals surface area contributed by atoms with Crippen molar-refractivity contribution in [3.05, 3.63) is 17.0 Å². The molecule has 0 bridgehead atoms. The highest BCUT2D eigenvalue weighted by atomic mass is 16.3. The molecule has 1 heterocycles. The molecule has 1 atom stereocenters. The van der Waals surface area contributed by atoms with Crippen LogP contribution in [-0.2, 0) is 19.9 Å². The molecule has 2 rings (SSSR count). The Balaban J connectivity index is 2.42. The van der Waals surface area contributed by atoms with E-state index in [9.17, 15) is 5.11 Å². The van der Waals surface area contributed by atoms with Crippen molar-refractivity contribution in [2.24, 2.45) is 12.8 Å². The normalized spacial score (nSPS) is 20.7. The van der Waals surface area contributed by atoms with Crippen molar-refractivity contribution in [3.8, 4) is 0 Å². The van der Waals surface area contributed by atoms with Crippen LogP contribution in [0.1, 0.15) is 29.5 Å². The lowest BCUT2D eigenvalue weighted by Crippen LogP contribution is -2.10. The molecule has 0 spiro atoms. The fourth-order valence-electron chi connectivity index (χ4n) is 2.06. The minimum absolute atomic E-state index is 0.315. The smallest absolute Gasteiger partial charge is 0.0829 e. The molecular weight excluding hydrogens is 166 g/mol. The highest BCUT2D eigenvalue weighted by molar-refractivity contribution is 5.33. The van der Waals surface area contributed by atoms with Crippen LogP contribution in [0.15, 0.2) is 0 Å². The molecule has 13 heavy (non-hydrogen) atoms. The topological polar surface area (TPSA) is 64.1 Å². The van der Waals surface area contributed by atoms with Crippen LogP contribution < -0.4 is 5.73 Å². The summed E-state index contributed by atoms with van der Waals surface area (Å²) in [5.74, 6) is 0. The molecule has 3 N–H and O–H groups in total. The highest BCUT2D eigenvalue weighted by Crippen LogP contribution is 2.32. The molecule has 4 nitrogen and oxygen atoms in total. The second-order valence-electron chi connectivity index (χ2n) is 3.52. The van der Waals surface area contributed by atoms with Crippen molar-refractivity contribution in [2.45, 2.75) is 25.4 Å². The number of fused-ring (bicyclic) bond motifs is 1. The zero-order chi connectivity index (χ0) is 9.42. The van der Waals surface area contributed by atoms with Crippen LogP contribution >= 0.6 is 0 Å². The van der Waals surface area contributed by atoms with E-state index in [1.165, 1.54) is 0 Å². The Morgan fingerprint density at radius 3 is 3.15 bits per heavy atom. The first-order valence-electron chi connectivity index (χ1n) is 4.66. The van der Waals surface area contributed by atoms with Crippen LogP contribution in [0.5, 0.6) is 0 Å². The average molecular weight is 181 g/mol. The molecule has 0 amide bonds. The van der Waals surface area contributed by atoms with Crippen molar-refractivity contribution in [2.75, 3.05) is 6.54 Å². The molecule has 1 aliphatic carbocycles. The lowest BCUT2D eigenvalue weighted by molar-refractivity contribution is 0.178. The second kappa shape index (κ2) is 3.12. The number of hydrogen-bond acceptors (Lipinski definition) is 3. The largest absolute Gasteiger partial charge is 0.388 e. The zero-order valence-electron chi connectivity index (χ0n) is 7.82. The fourth-order valence-corrected chi connectivity index (χ4v) is 2.06. The number of aryl methyl sites for hydroxylation is 2. The van der Waals surface area contributed by atoms with Gasteiger partial charge in [0.1, 0.15) is 0 Å². The number of aliphatic hydroxyl groups is 1. The molecule has 0 aromatic carbocycles. The molecule has 1 aromatic heterocycles. The fraction of sp³-hybridized carbons (Fsp3) is 0.667. The van der Waals surface area contributed by atoms with E-state index in [2.05, 4.69) is 5.10 Å². The van der Waals surface area contributed by atoms with Gasteiger partial charge in [-0.3, -0.25) is 4.68 Å². The maximum absolute atomic E-state index is 9.71. The first kappa shape index (κ1) is 8.72. The Kier molecular flexibility index (Phi) is 2.09. The minimum atomic E-state index is -0.315. The van der Waals surface area contributed by atoms with Crippen LogP contribution in [-0.4, -0.2) is 21.4 Å². The second-order valence-corrected chi connectivity index (χ2v) is 3.52. The van der Waals surface area contributed by atoms with E-state index in [-0.39, 0.29) is 6.10 Å². The van der Waals surface area contributed by atoms with Crippen LogP contribution in [0.4, 0.5) is 0 Å². The van der Waals surface area contributed by atoms with Gasteiger partial charge >= 0.3 is 0 Å². The van der Waals surface area contributed by atoms with Crippen molar-refractivity contribution in [3.63, 3.8) is 0 Å². The summed E-state index contributed by atoms with van der Waals surface area (Å²) in [4.78, 5) is 0. The highest BCUT2D eigenvalue weighted by Gasteiger charge is 2.27. The maximum Gasteiger partial charge on any atom is 0.0829 e. The third-order valence-electron chi connectivity index (χ3n) is 2.65. The summed E-state index contributed by atoms with van der Waals surface area (Å²) in [5, 5.41) is 14.1. The molecule has 1 aromatic rings. The van der Waals surface area contributed by atoms with Crippen molar-refractivity contribution in [1.82, 2.24) is 9.78 Å². The molecule has 0 saturated carbocycles. The Bertz CT molecular complexity index is 319. The van der Waals surface area contributed by atoms with Gasteiger partial charge in [0.15, 0.2) is 0 Å². The van der Waals surface area contributed by atoms with E-state index in [4.69, 9.17) is 5.73 Å². The molecule has 0 radical (unpaired) electrons. The Morgan fingerprint density at radius 1 is 1.69 bits per heavy atom. The first-order valence-corrected chi connectivity index (χ1v) is 4.66. The molecule has 0 aliphatic heterocycles. The van der Waals surface area contributed by atoms with E-state index in [1.54, 1.807) is 0 Å². The first-order chi connectivity index (χ1) is 6.24. The third kappa shape index (κ3) is 1.26. The monoisotopic (exact) mass is 181 g/mol. The van der Waals surface area contributed by atoms with Gasteiger partial charge in [-0.15, -0.1) is 0 Å². The van der Waals surface area contributed by atoms with Crippen LogP contribution in [0.25, 0.3) is 0 Å². The number of nitrogens with two attached hydrogens (primary N) is 1. The van der Waals surface area contributed by atoms with E-state index in [0.717, 1.165) is 36.2 Å². The van der Waals surface area contributed by atoms with Gasteiger partial charge in [-0.1, -0.05) is 0 Å². The van der Waals surface area contributed by atoms with Crippen LogP contribution in [0.3, 0.4) is 0 Å². The Morgan fingerprint density at radius 2 is 2.46 bits per heavy atom. The number of rotatable bonds is 2. The van der Waals surface area contributed by atoms with Gasteiger partial charge in [-0.05, 0) is 19.4 Å². The lowest BCUT2D eigenvalue weighted by Gasteiger charge is -2.06. The van der Waals surface area contributed by atoms with Gasteiger partial charge in [0.05, 0.1) is 11.8 Å². The summed E-state index contributed by atoms with van der Waals surface area (Å²) < 4.78 is 1.85. The lowest BCUT2D eigenvalue weighted by atomic mass is 10.1. The molecule has 1 unspecified atom stereocenters. The number of hydrogen-bond donors (Lipinski definition) is 2. The number of aromatic nitrogens is 2. The Hall–Kier alpha value is -0.870. The predicted molar refractivity (Wildman–Crippen MR) is 49.2 cm³/mol. The summed E-state index contributed by atoms with van der Waals surface area (Å²) >= 11 is 0. The minimum Gasteiger partial charge on any atom is -0.388 e. The van der Waals surface area contributed by atoms with Crippen LogP contribution in [0, 0.1) is 0 Å². The van der Waals surface area contributed by atoms with Crippen molar-refractivity contribution < 1.29 is 5.11 Å². The average Bonchev–Trinajstić information content (AvgIpc) is 2.57. The van der Waals surface area contributed by atoms with Crippen molar-refractivity contribution in [1.29, 1.82) is 0 Å². The van der Waals surface area contributed by atoms with Crippen LogP contribution in [0.2, 0.25) is 0 Å². The zero-order valence-corrected chi connectivity index (χ0v) is 7.82. The maximum atomic E-state index is 9.71. The molecule has 1 aliphatic rings. The molecule has 4 heteroatoms. The standard InChI is InChI=1S/C9H15N3O/c1-12-7(4-5-10)9-6(11-12)2-3-8(9)13/h8,13H,2-5,10H2,1H3. The van der Waals surface area contributed by atoms with Crippen molar-refractivity contribution >= 4 is 0 Å². The van der Waals surface area contributed by atoms with Gasteiger partial charge in [-0.25, -0.2) is 0 Å². The van der Waals surface area contributed by atoms with E-state index < -0.39 is 0 Å².